The van der Waals surface area contributed by atoms with Gasteiger partial charge in [-0.3, -0.25) is 4.79 Å². The van der Waals surface area contributed by atoms with Crippen LogP contribution in [0.15, 0.2) is 10.9 Å². The maximum absolute atomic E-state index is 11.5. The summed E-state index contributed by atoms with van der Waals surface area (Å²) in [5.74, 6) is -0.201. The van der Waals surface area contributed by atoms with E-state index in [0.717, 1.165) is 6.42 Å². The molecular formula is C9H11N3OS. The van der Waals surface area contributed by atoms with Crippen molar-refractivity contribution in [2.24, 2.45) is 0 Å². The number of hydrogen-bond acceptors (Lipinski definition) is 4. The van der Waals surface area contributed by atoms with Crippen LogP contribution in [0.2, 0.25) is 0 Å². The molecule has 0 radical (unpaired) electrons. The average molecular weight is 209 g/mol. The van der Waals surface area contributed by atoms with E-state index in [-0.39, 0.29) is 11.9 Å². The molecule has 1 heterocycles. The third kappa shape index (κ3) is 2.82. The highest BCUT2D eigenvalue weighted by atomic mass is 32.1. The van der Waals surface area contributed by atoms with Crippen LogP contribution in [-0.2, 0) is 0 Å². The molecule has 5 heteroatoms. The summed E-state index contributed by atoms with van der Waals surface area (Å²) in [5, 5.41) is 12.9. The van der Waals surface area contributed by atoms with Crippen molar-refractivity contribution in [1.29, 1.82) is 5.26 Å². The van der Waals surface area contributed by atoms with E-state index >= 15 is 0 Å². The molecule has 0 saturated heterocycles. The van der Waals surface area contributed by atoms with Gasteiger partial charge in [0.2, 0.25) is 0 Å². The molecule has 1 unspecified atom stereocenters. The van der Waals surface area contributed by atoms with Gasteiger partial charge < -0.3 is 5.32 Å². The minimum atomic E-state index is -0.201. The minimum Gasteiger partial charge on any atom is -0.347 e. The Morgan fingerprint density at radius 3 is 3.14 bits per heavy atom. The van der Waals surface area contributed by atoms with Crippen molar-refractivity contribution in [3.63, 3.8) is 0 Å². The van der Waals surface area contributed by atoms with Gasteiger partial charge in [0.1, 0.15) is 5.69 Å². The molecule has 1 amide bonds. The van der Waals surface area contributed by atoms with Gasteiger partial charge in [-0.1, -0.05) is 6.92 Å². The van der Waals surface area contributed by atoms with Crippen molar-refractivity contribution in [3.05, 3.63) is 16.6 Å². The molecule has 0 aliphatic rings. The molecule has 1 N–H and O–H groups in total. The van der Waals surface area contributed by atoms with Crippen LogP contribution in [0.1, 0.15) is 30.3 Å². The standard InChI is InChI=1S/C9H11N3OS/c1-2-7(3-4-10)12-9(13)8-5-14-6-11-8/h5-7H,2-3H2,1H3,(H,12,13). The fraction of sp³-hybridized carbons (Fsp3) is 0.444. The van der Waals surface area contributed by atoms with E-state index in [1.807, 2.05) is 13.0 Å². The first kappa shape index (κ1) is 10.7. The molecule has 4 nitrogen and oxygen atoms in total. The van der Waals surface area contributed by atoms with E-state index in [4.69, 9.17) is 5.26 Å². The van der Waals surface area contributed by atoms with Gasteiger partial charge in [0, 0.05) is 11.4 Å². The highest BCUT2D eigenvalue weighted by molar-refractivity contribution is 7.07. The van der Waals surface area contributed by atoms with Crippen LogP contribution in [0, 0.1) is 11.3 Å². The molecule has 0 aliphatic heterocycles. The minimum absolute atomic E-state index is 0.0748. The summed E-state index contributed by atoms with van der Waals surface area (Å²) >= 11 is 1.38. The Morgan fingerprint density at radius 1 is 1.86 bits per heavy atom. The molecule has 0 saturated carbocycles. The number of hydrogen-bond donors (Lipinski definition) is 1. The second-order valence-corrected chi connectivity index (χ2v) is 3.53. The quantitative estimate of drug-likeness (QED) is 0.818. The Kier molecular flexibility index (Phi) is 4.08. The van der Waals surface area contributed by atoms with Gasteiger partial charge in [-0.25, -0.2) is 4.98 Å². The number of carbonyl (C=O) groups excluding carboxylic acids is 1. The second kappa shape index (κ2) is 5.35. The molecule has 14 heavy (non-hydrogen) atoms. The van der Waals surface area contributed by atoms with Gasteiger partial charge in [0.15, 0.2) is 0 Å². The van der Waals surface area contributed by atoms with E-state index in [9.17, 15) is 4.79 Å². The number of amides is 1. The first-order valence-corrected chi connectivity index (χ1v) is 5.28. The lowest BCUT2D eigenvalue weighted by atomic mass is 10.1. The smallest absolute Gasteiger partial charge is 0.270 e. The SMILES string of the molecule is CCC(CC#N)NC(=O)c1cscn1. The van der Waals surface area contributed by atoms with Gasteiger partial charge in [0.25, 0.3) is 5.91 Å². The highest BCUT2D eigenvalue weighted by Crippen LogP contribution is 2.03. The van der Waals surface area contributed by atoms with E-state index < -0.39 is 0 Å². The molecule has 0 bridgehead atoms. The van der Waals surface area contributed by atoms with Crippen LogP contribution in [0.4, 0.5) is 0 Å². The molecule has 1 atom stereocenters. The number of thiazole rings is 1. The van der Waals surface area contributed by atoms with E-state index in [0.29, 0.717) is 12.1 Å². The molecule has 0 spiro atoms. The largest absolute Gasteiger partial charge is 0.347 e. The second-order valence-electron chi connectivity index (χ2n) is 2.81. The maximum atomic E-state index is 11.5. The number of rotatable bonds is 4. The molecule has 0 aliphatic carbocycles. The van der Waals surface area contributed by atoms with Gasteiger partial charge in [-0.05, 0) is 6.42 Å². The third-order valence-electron chi connectivity index (χ3n) is 1.83. The van der Waals surface area contributed by atoms with Crippen molar-refractivity contribution < 1.29 is 4.79 Å². The number of nitriles is 1. The summed E-state index contributed by atoms with van der Waals surface area (Å²) in [6.07, 6.45) is 1.09. The summed E-state index contributed by atoms with van der Waals surface area (Å²) in [6.45, 7) is 1.93. The first-order valence-electron chi connectivity index (χ1n) is 4.34. The molecule has 0 fully saturated rings. The first-order chi connectivity index (χ1) is 6.77. The van der Waals surface area contributed by atoms with Crippen LogP contribution in [0.25, 0.3) is 0 Å². The number of aromatic nitrogens is 1. The van der Waals surface area contributed by atoms with E-state index in [2.05, 4.69) is 10.3 Å². The van der Waals surface area contributed by atoms with Crippen molar-refractivity contribution in [2.45, 2.75) is 25.8 Å². The molecule has 74 valence electrons. The Hall–Kier alpha value is -1.41. The van der Waals surface area contributed by atoms with Gasteiger partial charge in [-0.2, -0.15) is 5.26 Å². The summed E-state index contributed by atoms with van der Waals surface area (Å²) < 4.78 is 0. The lowest BCUT2D eigenvalue weighted by Gasteiger charge is -2.11. The van der Waals surface area contributed by atoms with Gasteiger partial charge >= 0.3 is 0 Å². The summed E-state index contributed by atoms with van der Waals surface area (Å²) in [4.78, 5) is 15.4. The van der Waals surface area contributed by atoms with Crippen LogP contribution >= 0.6 is 11.3 Å². The van der Waals surface area contributed by atoms with Crippen LogP contribution in [-0.4, -0.2) is 16.9 Å². The highest BCUT2D eigenvalue weighted by Gasteiger charge is 2.12. The molecule has 1 rings (SSSR count). The molecule has 1 aromatic rings. The predicted octanol–water partition coefficient (Wildman–Crippen LogP) is 1.57. The summed E-state index contributed by atoms with van der Waals surface area (Å²) in [6, 6.07) is 1.96. The zero-order valence-corrected chi connectivity index (χ0v) is 8.67. The normalized spacial score (nSPS) is 11.7. The number of nitrogens with one attached hydrogen (secondary N) is 1. The Labute approximate surface area is 86.6 Å². The van der Waals surface area contributed by atoms with Crippen molar-refractivity contribution >= 4 is 17.2 Å². The Morgan fingerprint density at radius 2 is 2.64 bits per heavy atom. The number of nitrogens with zero attached hydrogens (tertiary/aromatic N) is 2. The molecule has 0 aromatic carbocycles. The molecule has 1 aromatic heterocycles. The Balaban J connectivity index is 2.52. The summed E-state index contributed by atoms with van der Waals surface area (Å²) in [7, 11) is 0. The maximum Gasteiger partial charge on any atom is 0.270 e. The lowest BCUT2D eigenvalue weighted by Crippen LogP contribution is -2.34. The van der Waals surface area contributed by atoms with Gasteiger partial charge in [-0.15, -0.1) is 11.3 Å². The monoisotopic (exact) mass is 209 g/mol. The van der Waals surface area contributed by atoms with Gasteiger partial charge in [0.05, 0.1) is 18.0 Å². The van der Waals surface area contributed by atoms with E-state index in [1.165, 1.54) is 11.3 Å². The van der Waals surface area contributed by atoms with Crippen molar-refractivity contribution in [1.82, 2.24) is 10.3 Å². The number of carbonyl (C=O) groups is 1. The van der Waals surface area contributed by atoms with Crippen molar-refractivity contribution in [3.8, 4) is 6.07 Å². The fourth-order valence-corrected chi connectivity index (χ4v) is 1.52. The fourth-order valence-electron chi connectivity index (χ4n) is 0.992. The zero-order chi connectivity index (χ0) is 10.4. The van der Waals surface area contributed by atoms with E-state index in [1.54, 1.807) is 10.9 Å². The predicted molar refractivity (Wildman–Crippen MR) is 53.9 cm³/mol. The molecular weight excluding hydrogens is 198 g/mol. The van der Waals surface area contributed by atoms with Crippen LogP contribution in [0.3, 0.4) is 0 Å². The average Bonchev–Trinajstić information content (AvgIpc) is 2.69. The topological polar surface area (TPSA) is 65.8 Å². The van der Waals surface area contributed by atoms with Crippen LogP contribution < -0.4 is 5.32 Å². The zero-order valence-electron chi connectivity index (χ0n) is 7.86. The van der Waals surface area contributed by atoms with Crippen LogP contribution in [0.5, 0.6) is 0 Å². The summed E-state index contributed by atoms with van der Waals surface area (Å²) in [5.41, 5.74) is 2.03. The third-order valence-corrected chi connectivity index (χ3v) is 2.42. The Bertz CT molecular complexity index is 328. The lowest BCUT2D eigenvalue weighted by molar-refractivity contribution is 0.0932. The van der Waals surface area contributed by atoms with Crippen molar-refractivity contribution in [2.75, 3.05) is 0 Å².